The molecule has 0 aromatic carbocycles. The first-order chi connectivity index (χ1) is 6.54. The SMILES string of the molecule is NCC(SCC1CCCC1)C(F)(F)F. The van der Waals surface area contributed by atoms with Gasteiger partial charge in [0.1, 0.15) is 5.25 Å². The Morgan fingerprint density at radius 1 is 1.29 bits per heavy atom. The zero-order chi connectivity index (χ0) is 10.6. The molecule has 0 amide bonds. The molecule has 1 aliphatic carbocycles. The third kappa shape index (κ3) is 3.69. The minimum absolute atomic E-state index is 0.305. The van der Waals surface area contributed by atoms with Crippen LogP contribution >= 0.6 is 11.8 Å². The lowest BCUT2D eigenvalue weighted by molar-refractivity contribution is -0.126. The molecule has 1 atom stereocenters. The Hall–Kier alpha value is 0.100. The molecule has 14 heavy (non-hydrogen) atoms. The average molecular weight is 227 g/mol. The van der Waals surface area contributed by atoms with Crippen molar-refractivity contribution in [1.82, 2.24) is 0 Å². The van der Waals surface area contributed by atoms with Gasteiger partial charge in [-0.15, -0.1) is 11.8 Å². The van der Waals surface area contributed by atoms with Gasteiger partial charge in [-0.3, -0.25) is 0 Å². The quantitative estimate of drug-likeness (QED) is 0.799. The maximum Gasteiger partial charge on any atom is 0.401 e. The normalized spacial score (nSPS) is 21.4. The fraction of sp³-hybridized carbons (Fsp3) is 1.00. The van der Waals surface area contributed by atoms with Crippen LogP contribution in [0, 0.1) is 5.92 Å². The van der Waals surface area contributed by atoms with Gasteiger partial charge in [-0.2, -0.15) is 13.2 Å². The molecular weight excluding hydrogens is 211 g/mol. The van der Waals surface area contributed by atoms with Crippen LogP contribution in [0.3, 0.4) is 0 Å². The summed E-state index contributed by atoms with van der Waals surface area (Å²) in [4.78, 5) is 0. The summed E-state index contributed by atoms with van der Waals surface area (Å²) < 4.78 is 36.9. The fourth-order valence-corrected chi connectivity index (χ4v) is 2.89. The lowest BCUT2D eigenvalue weighted by Gasteiger charge is -2.19. The topological polar surface area (TPSA) is 26.0 Å². The van der Waals surface area contributed by atoms with E-state index in [0.717, 1.165) is 24.6 Å². The molecule has 1 nitrogen and oxygen atoms in total. The number of hydrogen-bond acceptors (Lipinski definition) is 2. The molecule has 1 saturated carbocycles. The van der Waals surface area contributed by atoms with Gasteiger partial charge in [-0.1, -0.05) is 12.8 Å². The van der Waals surface area contributed by atoms with Crippen molar-refractivity contribution in [2.24, 2.45) is 11.7 Å². The molecule has 84 valence electrons. The van der Waals surface area contributed by atoms with E-state index in [4.69, 9.17) is 5.73 Å². The molecule has 0 bridgehead atoms. The molecule has 0 heterocycles. The molecule has 0 spiro atoms. The predicted octanol–water partition coefficient (Wildman–Crippen LogP) is 2.80. The molecule has 0 aromatic heterocycles. The molecule has 0 saturated heterocycles. The van der Waals surface area contributed by atoms with E-state index >= 15 is 0 Å². The third-order valence-electron chi connectivity index (χ3n) is 2.59. The van der Waals surface area contributed by atoms with Crippen LogP contribution in [0.1, 0.15) is 25.7 Å². The fourth-order valence-electron chi connectivity index (χ4n) is 1.73. The van der Waals surface area contributed by atoms with Gasteiger partial charge in [0.2, 0.25) is 0 Å². The zero-order valence-corrected chi connectivity index (χ0v) is 8.83. The summed E-state index contributed by atoms with van der Waals surface area (Å²) >= 11 is 0.976. The summed E-state index contributed by atoms with van der Waals surface area (Å²) in [5.74, 6) is 1.10. The highest BCUT2D eigenvalue weighted by Crippen LogP contribution is 2.34. The van der Waals surface area contributed by atoms with Crippen molar-refractivity contribution in [2.75, 3.05) is 12.3 Å². The predicted molar refractivity (Wildman–Crippen MR) is 53.3 cm³/mol. The van der Waals surface area contributed by atoms with Gasteiger partial charge < -0.3 is 5.73 Å². The van der Waals surface area contributed by atoms with Gasteiger partial charge in [0.15, 0.2) is 0 Å². The Labute approximate surface area is 86.6 Å². The standard InChI is InChI=1S/C9H16F3NS/c10-9(11,12)8(5-13)14-6-7-3-1-2-4-7/h7-8H,1-6,13H2. The Bertz CT molecular complexity index is 166. The minimum atomic E-state index is -4.14. The highest BCUT2D eigenvalue weighted by Gasteiger charge is 2.39. The van der Waals surface area contributed by atoms with E-state index in [0.29, 0.717) is 11.7 Å². The lowest BCUT2D eigenvalue weighted by Crippen LogP contribution is -2.33. The van der Waals surface area contributed by atoms with Crippen LogP contribution in [0.4, 0.5) is 13.2 Å². The summed E-state index contributed by atoms with van der Waals surface area (Å²) in [6.07, 6.45) is 0.372. The Morgan fingerprint density at radius 3 is 2.29 bits per heavy atom. The van der Waals surface area contributed by atoms with Crippen LogP contribution in [0.5, 0.6) is 0 Å². The Morgan fingerprint density at radius 2 is 1.86 bits per heavy atom. The second kappa shape index (κ2) is 5.26. The molecule has 1 fully saturated rings. The zero-order valence-electron chi connectivity index (χ0n) is 8.02. The smallest absolute Gasteiger partial charge is 0.329 e. The van der Waals surface area contributed by atoms with Crippen molar-refractivity contribution in [3.8, 4) is 0 Å². The number of hydrogen-bond donors (Lipinski definition) is 1. The molecule has 5 heteroatoms. The van der Waals surface area contributed by atoms with E-state index in [9.17, 15) is 13.2 Å². The number of rotatable bonds is 4. The van der Waals surface area contributed by atoms with E-state index in [1.165, 1.54) is 12.8 Å². The van der Waals surface area contributed by atoms with E-state index in [1.807, 2.05) is 0 Å². The van der Waals surface area contributed by atoms with E-state index in [-0.39, 0.29) is 6.54 Å². The van der Waals surface area contributed by atoms with Crippen molar-refractivity contribution < 1.29 is 13.2 Å². The van der Waals surface area contributed by atoms with Crippen molar-refractivity contribution in [3.05, 3.63) is 0 Å². The van der Waals surface area contributed by atoms with Crippen molar-refractivity contribution >= 4 is 11.8 Å². The van der Waals surface area contributed by atoms with Crippen LogP contribution in [0.25, 0.3) is 0 Å². The summed E-state index contributed by atoms with van der Waals surface area (Å²) in [6.45, 7) is -0.305. The average Bonchev–Trinajstić information content (AvgIpc) is 2.55. The molecule has 1 aliphatic rings. The number of thioether (sulfide) groups is 1. The van der Waals surface area contributed by atoms with E-state index in [2.05, 4.69) is 0 Å². The molecule has 0 aliphatic heterocycles. The van der Waals surface area contributed by atoms with Gasteiger partial charge in [-0.05, 0) is 24.5 Å². The van der Waals surface area contributed by atoms with Crippen LogP contribution in [-0.2, 0) is 0 Å². The third-order valence-corrected chi connectivity index (χ3v) is 4.11. The molecule has 1 unspecified atom stereocenters. The monoisotopic (exact) mass is 227 g/mol. The van der Waals surface area contributed by atoms with Gasteiger partial charge in [-0.25, -0.2) is 0 Å². The highest BCUT2D eigenvalue weighted by atomic mass is 32.2. The van der Waals surface area contributed by atoms with E-state index < -0.39 is 11.4 Å². The molecule has 0 radical (unpaired) electrons. The maximum absolute atomic E-state index is 12.3. The molecule has 2 N–H and O–H groups in total. The van der Waals surface area contributed by atoms with Crippen molar-refractivity contribution in [1.29, 1.82) is 0 Å². The van der Waals surface area contributed by atoms with Crippen LogP contribution in [-0.4, -0.2) is 23.7 Å². The minimum Gasteiger partial charge on any atom is -0.329 e. The van der Waals surface area contributed by atoms with Crippen LogP contribution < -0.4 is 5.73 Å². The Balaban J connectivity index is 2.26. The van der Waals surface area contributed by atoms with E-state index in [1.54, 1.807) is 0 Å². The second-order valence-electron chi connectivity index (χ2n) is 3.75. The summed E-state index contributed by atoms with van der Waals surface area (Å²) in [6, 6.07) is 0. The number of alkyl halides is 3. The van der Waals surface area contributed by atoms with Gasteiger partial charge in [0.05, 0.1) is 0 Å². The lowest BCUT2D eigenvalue weighted by atomic mass is 10.1. The van der Waals surface area contributed by atoms with Crippen molar-refractivity contribution in [3.63, 3.8) is 0 Å². The molecular formula is C9H16F3NS. The molecule has 0 aromatic rings. The van der Waals surface area contributed by atoms with Crippen LogP contribution in [0.2, 0.25) is 0 Å². The second-order valence-corrected chi connectivity index (χ2v) is 4.99. The maximum atomic E-state index is 12.3. The first kappa shape index (κ1) is 12.2. The summed E-state index contributed by atoms with van der Waals surface area (Å²) in [5, 5.41) is -1.37. The first-order valence-electron chi connectivity index (χ1n) is 4.92. The van der Waals surface area contributed by atoms with Crippen LogP contribution in [0.15, 0.2) is 0 Å². The summed E-state index contributed by atoms with van der Waals surface area (Å²) in [7, 11) is 0. The van der Waals surface area contributed by atoms with Gasteiger partial charge in [0, 0.05) is 6.54 Å². The largest absolute Gasteiger partial charge is 0.401 e. The first-order valence-corrected chi connectivity index (χ1v) is 5.97. The number of halogens is 3. The Kier molecular flexibility index (Phi) is 4.57. The van der Waals surface area contributed by atoms with Gasteiger partial charge >= 0.3 is 6.18 Å². The highest BCUT2D eigenvalue weighted by molar-refractivity contribution is 8.00. The van der Waals surface area contributed by atoms with Crippen molar-refractivity contribution in [2.45, 2.75) is 37.1 Å². The molecule has 1 rings (SSSR count). The number of nitrogens with two attached hydrogens (primary N) is 1. The van der Waals surface area contributed by atoms with Gasteiger partial charge in [0.25, 0.3) is 0 Å². The summed E-state index contributed by atoms with van der Waals surface area (Å²) in [5.41, 5.74) is 5.10.